The molecule has 96 valence electrons. The Bertz CT molecular complexity index is 142. The zero-order chi connectivity index (χ0) is 12.6. The van der Waals surface area contributed by atoms with Gasteiger partial charge in [0, 0.05) is 13.2 Å². The lowest BCUT2D eigenvalue weighted by Crippen LogP contribution is -2.23. The number of hydrogen-bond donors (Lipinski definition) is 1. The highest BCUT2D eigenvalue weighted by Gasteiger charge is 2.11. The Hall–Kier alpha value is -0.483. The third kappa shape index (κ3) is 16.0. The first-order valence-electron chi connectivity index (χ1n) is 6.03. The molecule has 0 saturated heterocycles. The van der Waals surface area contributed by atoms with E-state index in [1.165, 1.54) is 18.9 Å². The molecule has 0 aliphatic rings. The smallest absolute Gasteiger partial charge is 0.321 e. The first kappa shape index (κ1) is 17.9. The largest absolute Gasteiger partial charge is 0.397 e. The molecule has 16 heavy (non-hydrogen) atoms. The Morgan fingerprint density at radius 2 is 1.50 bits per heavy atom. The normalized spacial score (nSPS) is 9.50. The van der Waals surface area contributed by atoms with Gasteiger partial charge in [-0.05, 0) is 18.9 Å². The monoisotopic (exact) mass is 247 g/mol. The number of rotatable bonds is 9. The third-order valence-corrected chi connectivity index (χ3v) is 3.90. The van der Waals surface area contributed by atoms with Crippen LogP contribution in [0, 0.1) is 5.41 Å². The highest BCUT2D eigenvalue weighted by atomic mass is 28.3. The second-order valence-electron chi connectivity index (χ2n) is 3.42. The Balaban J connectivity index is 0. The molecular weight excluding hydrogens is 222 g/mol. The Labute approximate surface area is 101 Å². The van der Waals surface area contributed by atoms with E-state index in [0.717, 1.165) is 32.1 Å². The Kier molecular flexibility index (Phi) is 18.9. The molecule has 1 N–H and O–H groups in total. The fourth-order valence-corrected chi connectivity index (χ4v) is 3.25. The highest BCUT2D eigenvalue weighted by molar-refractivity contribution is 6.44. The lowest BCUT2D eigenvalue weighted by Gasteiger charge is -2.15. The highest BCUT2D eigenvalue weighted by Crippen LogP contribution is 2.05. The molecule has 0 amide bonds. The van der Waals surface area contributed by atoms with Gasteiger partial charge in [-0.15, -0.1) is 0 Å². The molecule has 5 heteroatoms. The number of carbonyl (C=O) groups excluding carboxylic acids is 1. The van der Waals surface area contributed by atoms with Gasteiger partial charge in [0.1, 0.15) is 0 Å². The summed E-state index contributed by atoms with van der Waals surface area (Å²) >= 11 is 0. The predicted molar refractivity (Wildman–Crippen MR) is 67.8 cm³/mol. The van der Waals surface area contributed by atoms with Gasteiger partial charge in [-0.1, -0.05) is 33.6 Å². The molecule has 0 aromatic rings. The van der Waals surface area contributed by atoms with Crippen molar-refractivity contribution in [2.45, 2.75) is 52.5 Å². The van der Waals surface area contributed by atoms with Gasteiger partial charge >= 0.3 is 9.28 Å². The molecule has 0 fully saturated rings. The molecule has 0 spiro atoms. The zero-order valence-corrected chi connectivity index (χ0v) is 11.9. The molecule has 0 aliphatic heterocycles. The maximum Gasteiger partial charge on any atom is 0.321 e. The summed E-state index contributed by atoms with van der Waals surface area (Å²) in [5.41, 5.74) is 0. The van der Waals surface area contributed by atoms with E-state index >= 15 is 0 Å². The minimum absolute atomic E-state index is 0.750. The van der Waals surface area contributed by atoms with Crippen molar-refractivity contribution in [2.24, 2.45) is 0 Å². The number of isocyanates is 1. The van der Waals surface area contributed by atoms with Gasteiger partial charge in [-0.2, -0.15) is 0 Å². The fourth-order valence-electron chi connectivity index (χ4n) is 1.08. The average Bonchev–Trinajstić information content (AvgIpc) is 2.29. The molecule has 0 heterocycles. The Morgan fingerprint density at radius 3 is 1.81 bits per heavy atom. The SMILES string of the molecule is CCCC[SiH](OCCC)OCCC.N=C=O. The first-order chi connectivity index (χ1) is 7.76. The predicted octanol–water partition coefficient (Wildman–Crippen LogP) is 2.76. The summed E-state index contributed by atoms with van der Waals surface area (Å²) in [6.07, 6.45) is 5.45. The summed E-state index contributed by atoms with van der Waals surface area (Å²) in [6.45, 7) is 8.26. The fraction of sp³-hybridized carbons (Fsp3) is 0.909. The van der Waals surface area contributed by atoms with Gasteiger partial charge in [0.15, 0.2) is 0 Å². The third-order valence-electron chi connectivity index (χ3n) is 1.81. The molecule has 0 radical (unpaired) electrons. The van der Waals surface area contributed by atoms with Crippen molar-refractivity contribution >= 4 is 15.4 Å². The van der Waals surface area contributed by atoms with Crippen LogP contribution in [-0.4, -0.2) is 28.6 Å². The lowest BCUT2D eigenvalue weighted by molar-refractivity contribution is 0.196. The van der Waals surface area contributed by atoms with Crippen molar-refractivity contribution in [2.75, 3.05) is 13.2 Å². The van der Waals surface area contributed by atoms with Crippen LogP contribution in [0.15, 0.2) is 0 Å². The van der Waals surface area contributed by atoms with Gasteiger partial charge in [0.05, 0.1) is 0 Å². The van der Waals surface area contributed by atoms with Crippen molar-refractivity contribution in [3.63, 3.8) is 0 Å². The molecule has 0 aromatic heterocycles. The number of nitrogens with one attached hydrogen (secondary N) is 1. The summed E-state index contributed by atoms with van der Waals surface area (Å²) in [4.78, 5) is 8.35. The van der Waals surface area contributed by atoms with Crippen molar-refractivity contribution in [3.05, 3.63) is 0 Å². The van der Waals surface area contributed by atoms with Crippen molar-refractivity contribution < 1.29 is 13.6 Å². The van der Waals surface area contributed by atoms with Crippen LogP contribution in [0.25, 0.3) is 0 Å². The molecule has 0 saturated carbocycles. The van der Waals surface area contributed by atoms with E-state index in [2.05, 4.69) is 20.8 Å². The van der Waals surface area contributed by atoms with Gasteiger partial charge < -0.3 is 8.85 Å². The molecule has 4 nitrogen and oxygen atoms in total. The van der Waals surface area contributed by atoms with E-state index in [9.17, 15) is 0 Å². The molecule has 0 bridgehead atoms. The summed E-state index contributed by atoms with van der Waals surface area (Å²) in [5.74, 6) is 0. The number of unbranched alkanes of at least 4 members (excludes halogenated alkanes) is 1. The van der Waals surface area contributed by atoms with E-state index < -0.39 is 9.28 Å². The van der Waals surface area contributed by atoms with Crippen LogP contribution >= 0.6 is 0 Å². The van der Waals surface area contributed by atoms with Crippen LogP contribution < -0.4 is 0 Å². The summed E-state index contributed by atoms with van der Waals surface area (Å²) in [5, 5.41) is 5.40. The van der Waals surface area contributed by atoms with Crippen molar-refractivity contribution in [1.82, 2.24) is 0 Å². The molecule has 0 aromatic carbocycles. The maximum atomic E-state index is 8.35. The van der Waals surface area contributed by atoms with Crippen LogP contribution in [0.2, 0.25) is 6.04 Å². The summed E-state index contributed by atoms with van der Waals surface area (Å²) < 4.78 is 11.4. The van der Waals surface area contributed by atoms with Crippen molar-refractivity contribution in [3.8, 4) is 0 Å². The Morgan fingerprint density at radius 1 is 1.06 bits per heavy atom. The summed E-state index contributed by atoms with van der Waals surface area (Å²) in [6, 6.07) is 1.18. The quantitative estimate of drug-likeness (QED) is 0.387. The second kappa shape index (κ2) is 16.9. The van der Waals surface area contributed by atoms with Crippen LogP contribution in [-0.2, 0) is 13.6 Å². The van der Waals surface area contributed by atoms with E-state index in [1.807, 2.05) is 0 Å². The molecule has 0 rings (SSSR count). The van der Waals surface area contributed by atoms with Crippen LogP contribution in [0.5, 0.6) is 0 Å². The molecular formula is C11H25NO3Si. The van der Waals surface area contributed by atoms with Crippen LogP contribution in [0.4, 0.5) is 0 Å². The van der Waals surface area contributed by atoms with E-state index in [1.54, 1.807) is 0 Å². The topological polar surface area (TPSA) is 59.4 Å². The van der Waals surface area contributed by atoms with Gasteiger partial charge in [0.2, 0.25) is 6.08 Å². The maximum absolute atomic E-state index is 8.35. The van der Waals surface area contributed by atoms with Gasteiger partial charge in [0.25, 0.3) is 0 Å². The minimum atomic E-state index is -1.29. The lowest BCUT2D eigenvalue weighted by atomic mass is 10.4. The molecule has 0 aliphatic carbocycles. The van der Waals surface area contributed by atoms with Crippen LogP contribution in [0.3, 0.4) is 0 Å². The average molecular weight is 247 g/mol. The van der Waals surface area contributed by atoms with E-state index in [0.29, 0.717) is 0 Å². The number of hydrogen-bond acceptors (Lipinski definition) is 4. The standard InChI is InChI=1S/C10H24O2Si.CHNO/c1-4-7-10-13(11-8-5-2)12-9-6-3;2-1-3/h13H,4-10H2,1-3H3;2H. The second-order valence-corrected chi connectivity index (χ2v) is 5.52. The molecule has 0 atom stereocenters. The van der Waals surface area contributed by atoms with E-state index in [-0.39, 0.29) is 0 Å². The van der Waals surface area contributed by atoms with Crippen molar-refractivity contribution in [1.29, 1.82) is 5.41 Å². The van der Waals surface area contributed by atoms with E-state index in [4.69, 9.17) is 19.1 Å². The zero-order valence-electron chi connectivity index (χ0n) is 10.8. The first-order valence-corrected chi connectivity index (χ1v) is 7.79. The minimum Gasteiger partial charge on any atom is -0.397 e. The van der Waals surface area contributed by atoms with Gasteiger partial charge in [-0.25, -0.2) is 10.2 Å². The molecule has 0 unspecified atom stereocenters. The summed E-state index contributed by atoms with van der Waals surface area (Å²) in [7, 11) is -1.29. The van der Waals surface area contributed by atoms with Gasteiger partial charge in [-0.3, -0.25) is 0 Å². The van der Waals surface area contributed by atoms with Crippen LogP contribution in [0.1, 0.15) is 46.5 Å².